The van der Waals surface area contributed by atoms with E-state index in [0.29, 0.717) is 5.75 Å². The van der Waals surface area contributed by atoms with E-state index >= 15 is 0 Å². The number of halogens is 1. The average Bonchev–Trinajstić information content (AvgIpc) is 2.55. The number of thioether (sulfide) groups is 2. The third-order valence-corrected chi connectivity index (χ3v) is 6.18. The molecular formula is C17H15BrN2OS2. The van der Waals surface area contributed by atoms with Crippen LogP contribution in [0.4, 0.5) is 11.4 Å². The van der Waals surface area contributed by atoms with Gasteiger partial charge in [0.25, 0.3) is 0 Å². The second-order valence-electron chi connectivity index (χ2n) is 5.12. The van der Waals surface area contributed by atoms with Crippen LogP contribution in [0.15, 0.2) is 51.9 Å². The van der Waals surface area contributed by atoms with Crippen molar-refractivity contribution in [1.29, 1.82) is 0 Å². The first-order chi connectivity index (χ1) is 11.1. The molecule has 3 rings (SSSR count). The van der Waals surface area contributed by atoms with Crippen molar-refractivity contribution < 1.29 is 4.79 Å². The molecule has 0 fully saturated rings. The zero-order valence-corrected chi connectivity index (χ0v) is 15.7. The maximum atomic E-state index is 12.1. The van der Waals surface area contributed by atoms with Crippen molar-refractivity contribution in [1.82, 2.24) is 0 Å². The Morgan fingerprint density at radius 1 is 1.35 bits per heavy atom. The number of nitrogens with one attached hydrogen (secondary N) is 1. The fourth-order valence-corrected chi connectivity index (χ4v) is 4.58. The topological polar surface area (TPSA) is 41.5 Å². The number of benzene rings is 2. The number of amides is 1. The summed E-state index contributed by atoms with van der Waals surface area (Å²) in [6, 6.07) is 14.0. The van der Waals surface area contributed by atoms with Crippen LogP contribution in [0.5, 0.6) is 0 Å². The van der Waals surface area contributed by atoms with Crippen LogP contribution in [0.2, 0.25) is 0 Å². The van der Waals surface area contributed by atoms with Crippen LogP contribution in [0.1, 0.15) is 11.1 Å². The van der Waals surface area contributed by atoms with Gasteiger partial charge in [-0.2, -0.15) is 0 Å². The van der Waals surface area contributed by atoms with E-state index in [1.807, 2.05) is 43.3 Å². The molecule has 1 N–H and O–H groups in total. The summed E-state index contributed by atoms with van der Waals surface area (Å²) in [6.45, 7) is 2.02. The molecule has 0 bridgehead atoms. The van der Waals surface area contributed by atoms with Crippen LogP contribution >= 0.6 is 39.5 Å². The normalized spacial score (nSPS) is 13.2. The maximum absolute atomic E-state index is 12.1. The first-order valence-electron chi connectivity index (χ1n) is 7.10. The number of anilines is 1. The van der Waals surface area contributed by atoms with Gasteiger partial charge in [0, 0.05) is 10.2 Å². The highest BCUT2D eigenvalue weighted by molar-refractivity contribution is 9.10. The van der Waals surface area contributed by atoms with Gasteiger partial charge in [0.1, 0.15) is 4.38 Å². The van der Waals surface area contributed by atoms with Gasteiger partial charge in [-0.05, 0) is 52.2 Å². The Labute approximate surface area is 152 Å². The van der Waals surface area contributed by atoms with Gasteiger partial charge in [0.05, 0.1) is 17.1 Å². The largest absolute Gasteiger partial charge is 0.324 e. The first kappa shape index (κ1) is 16.6. The summed E-state index contributed by atoms with van der Waals surface area (Å²) in [7, 11) is 0. The van der Waals surface area contributed by atoms with Gasteiger partial charge in [-0.15, -0.1) is 0 Å². The van der Waals surface area contributed by atoms with Crippen LogP contribution in [0.25, 0.3) is 0 Å². The Hall–Kier alpha value is -1.24. The molecule has 118 valence electrons. The number of nitrogens with zero attached hydrogens (tertiary/aromatic N) is 1. The molecule has 0 saturated heterocycles. The molecule has 0 atom stereocenters. The molecule has 2 aromatic carbocycles. The van der Waals surface area contributed by atoms with Gasteiger partial charge in [-0.25, -0.2) is 4.99 Å². The minimum atomic E-state index is -0.0262. The lowest BCUT2D eigenvalue weighted by Gasteiger charge is -2.14. The number of hydrogen-bond acceptors (Lipinski definition) is 4. The second kappa shape index (κ2) is 7.55. The third kappa shape index (κ3) is 4.40. The van der Waals surface area contributed by atoms with E-state index in [2.05, 4.69) is 32.3 Å². The van der Waals surface area contributed by atoms with E-state index in [-0.39, 0.29) is 5.91 Å². The van der Waals surface area contributed by atoms with Gasteiger partial charge in [-0.3, -0.25) is 4.79 Å². The fraction of sp³-hybridized carbons (Fsp3) is 0.176. The van der Waals surface area contributed by atoms with Gasteiger partial charge >= 0.3 is 0 Å². The molecule has 0 aliphatic carbocycles. The standard InChI is InChI=1S/C17H15BrN2OS2/c1-11-6-7-15(13(18)8-11)19-16(21)10-23-17-20-14-5-3-2-4-12(14)9-22-17/h2-8H,9-10H2,1H3,(H,19,21). The molecule has 23 heavy (non-hydrogen) atoms. The van der Waals surface area contributed by atoms with Crippen LogP contribution in [0.3, 0.4) is 0 Å². The minimum Gasteiger partial charge on any atom is -0.324 e. The highest BCUT2D eigenvalue weighted by atomic mass is 79.9. The summed E-state index contributed by atoms with van der Waals surface area (Å²) in [5.41, 5.74) is 4.20. The van der Waals surface area contributed by atoms with E-state index in [9.17, 15) is 4.79 Å². The van der Waals surface area contributed by atoms with Crippen molar-refractivity contribution in [2.24, 2.45) is 4.99 Å². The van der Waals surface area contributed by atoms with Crippen LogP contribution < -0.4 is 5.32 Å². The Kier molecular flexibility index (Phi) is 5.46. The van der Waals surface area contributed by atoms with Crippen molar-refractivity contribution in [2.45, 2.75) is 12.7 Å². The molecule has 2 aromatic rings. The zero-order chi connectivity index (χ0) is 16.2. The highest BCUT2D eigenvalue weighted by Gasteiger charge is 2.14. The number of aliphatic imine (C=N–C) groups is 1. The van der Waals surface area contributed by atoms with Crippen molar-refractivity contribution >= 4 is 61.1 Å². The molecule has 1 heterocycles. The van der Waals surface area contributed by atoms with Gasteiger partial charge in [0.2, 0.25) is 5.91 Å². The maximum Gasteiger partial charge on any atom is 0.234 e. The minimum absolute atomic E-state index is 0.0262. The molecule has 1 aliphatic rings. The predicted molar refractivity (Wildman–Crippen MR) is 105 cm³/mol. The molecule has 3 nitrogen and oxygen atoms in total. The van der Waals surface area contributed by atoms with E-state index < -0.39 is 0 Å². The molecule has 0 radical (unpaired) electrons. The quantitative estimate of drug-likeness (QED) is 0.745. The fourth-order valence-electron chi connectivity index (χ4n) is 2.12. The lowest BCUT2D eigenvalue weighted by atomic mass is 10.2. The van der Waals surface area contributed by atoms with Gasteiger partial charge in [0.15, 0.2) is 0 Å². The summed E-state index contributed by atoms with van der Waals surface area (Å²) in [4.78, 5) is 16.7. The predicted octanol–water partition coefficient (Wildman–Crippen LogP) is 5.36. The van der Waals surface area contributed by atoms with E-state index in [0.717, 1.165) is 31.5 Å². The number of para-hydroxylation sites is 1. The van der Waals surface area contributed by atoms with E-state index in [1.165, 1.54) is 17.3 Å². The first-order valence-corrected chi connectivity index (χ1v) is 9.86. The number of carbonyl (C=O) groups is 1. The second-order valence-corrected chi connectivity index (χ2v) is 8.16. The smallest absolute Gasteiger partial charge is 0.234 e. The molecule has 0 spiro atoms. The lowest BCUT2D eigenvalue weighted by Crippen LogP contribution is -2.15. The molecule has 6 heteroatoms. The summed E-state index contributed by atoms with van der Waals surface area (Å²) < 4.78 is 1.84. The average molecular weight is 407 g/mol. The van der Waals surface area contributed by atoms with Crippen LogP contribution in [0, 0.1) is 6.92 Å². The SMILES string of the molecule is Cc1ccc(NC(=O)CSC2=Nc3ccccc3CS2)c(Br)c1. The van der Waals surface area contributed by atoms with Crippen molar-refractivity contribution in [2.75, 3.05) is 11.1 Å². The molecule has 0 aromatic heterocycles. The molecule has 0 saturated carbocycles. The summed E-state index contributed by atoms with van der Waals surface area (Å²) in [5.74, 6) is 1.24. The number of aryl methyl sites for hydroxylation is 1. The van der Waals surface area contributed by atoms with Crippen molar-refractivity contribution in [3.8, 4) is 0 Å². The van der Waals surface area contributed by atoms with Crippen LogP contribution in [-0.4, -0.2) is 16.0 Å². The number of fused-ring (bicyclic) bond motifs is 1. The molecular weight excluding hydrogens is 392 g/mol. The summed E-state index contributed by atoms with van der Waals surface area (Å²) >= 11 is 6.64. The number of hydrogen-bond donors (Lipinski definition) is 1. The Bertz CT molecular complexity index is 777. The molecule has 1 aliphatic heterocycles. The van der Waals surface area contributed by atoms with Gasteiger partial charge in [-0.1, -0.05) is 47.8 Å². The highest BCUT2D eigenvalue weighted by Crippen LogP contribution is 2.34. The van der Waals surface area contributed by atoms with Crippen molar-refractivity contribution in [3.63, 3.8) is 0 Å². The van der Waals surface area contributed by atoms with Gasteiger partial charge < -0.3 is 5.32 Å². The monoisotopic (exact) mass is 406 g/mol. The Balaban J connectivity index is 1.58. The summed E-state index contributed by atoms with van der Waals surface area (Å²) in [5, 5.41) is 2.93. The third-order valence-electron chi connectivity index (χ3n) is 3.28. The summed E-state index contributed by atoms with van der Waals surface area (Å²) in [6.07, 6.45) is 0. The molecule has 1 amide bonds. The van der Waals surface area contributed by atoms with Crippen LogP contribution in [-0.2, 0) is 10.5 Å². The zero-order valence-electron chi connectivity index (χ0n) is 12.5. The van der Waals surface area contributed by atoms with E-state index in [1.54, 1.807) is 11.8 Å². The Morgan fingerprint density at radius 2 is 2.17 bits per heavy atom. The number of carbonyl (C=O) groups excluding carboxylic acids is 1. The van der Waals surface area contributed by atoms with Crippen molar-refractivity contribution in [3.05, 3.63) is 58.1 Å². The molecule has 0 unspecified atom stereocenters. The lowest BCUT2D eigenvalue weighted by molar-refractivity contribution is -0.113. The number of rotatable bonds is 3. The Morgan fingerprint density at radius 3 is 3.00 bits per heavy atom. The van der Waals surface area contributed by atoms with E-state index in [4.69, 9.17) is 0 Å².